The molecule has 0 saturated heterocycles. The van der Waals surface area contributed by atoms with Crippen LogP contribution in [-0.4, -0.2) is 25.2 Å². The van der Waals surface area contributed by atoms with Crippen LogP contribution in [0.2, 0.25) is 19.6 Å². The quantitative estimate of drug-likeness (QED) is 0.584. The lowest BCUT2D eigenvalue weighted by Gasteiger charge is -2.12. The largest absolute Gasteiger partial charge is 0.296 e. The van der Waals surface area contributed by atoms with Gasteiger partial charge in [-0.1, -0.05) is 19.6 Å². The summed E-state index contributed by atoms with van der Waals surface area (Å²) < 4.78 is 0. The Kier molecular flexibility index (Phi) is 2.25. The monoisotopic (exact) mass is 173 g/mol. The molecule has 1 nitrogen and oxygen atoms in total. The Balaban J connectivity index is 2.31. The number of aliphatic imine (C=N–C) groups is 1. The van der Waals surface area contributed by atoms with Crippen LogP contribution in [0.4, 0.5) is 0 Å². The van der Waals surface area contributed by atoms with Gasteiger partial charge in [0, 0.05) is 24.4 Å². The summed E-state index contributed by atoms with van der Waals surface area (Å²) in [6.45, 7) is 7.18. The lowest BCUT2D eigenvalue weighted by atomic mass is 10.9. The van der Waals surface area contributed by atoms with Gasteiger partial charge in [0.15, 0.2) is 0 Å². The number of hydrogen-bond acceptors (Lipinski definition) is 2. The van der Waals surface area contributed by atoms with Gasteiger partial charge in [-0.2, -0.15) is 11.2 Å². The molecule has 0 N–H and O–H groups in total. The molecule has 1 rings (SSSR count). The highest BCUT2D eigenvalue weighted by atomic mass is 32.4. The van der Waals surface area contributed by atoms with Crippen molar-refractivity contribution in [2.24, 2.45) is 4.99 Å². The first-order chi connectivity index (χ1) is 4.53. The molecule has 0 aromatic carbocycles. The van der Waals surface area contributed by atoms with Crippen molar-refractivity contribution in [3.05, 3.63) is 0 Å². The fourth-order valence-electron chi connectivity index (χ4n) is 0.903. The Morgan fingerprint density at radius 3 is 2.40 bits per heavy atom. The molecule has 0 bridgehead atoms. The van der Waals surface area contributed by atoms with Gasteiger partial charge in [-0.25, -0.2) is 0 Å². The molecule has 0 aliphatic heterocycles. The van der Waals surface area contributed by atoms with Crippen LogP contribution < -0.4 is 0 Å². The van der Waals surface area contributed by atoms with E-state index in [0.717, 1.165) is 5.25 Å². The van der Waals surface area contributed by atoms with Crippen molar-refractivity contribution in [2.75, 3.05) is 7.05 Å². The van der Waals surface area contributed by atoms with Gasteiger partial charge in [0.25, 0.3) is 0 Å². The van der Waals surface area contributed by atoms with E-state index in [2.05, 4.69) is 35.8 Å². The summed E-state index contributed by atoms with van der Waals surface area (Å²) in [4.78, 5) is 4.18. The minimum absolute atomic E-state index is 0.802. The van der Waals surface area contributed by atoms with Crippen LogP contribution in [0.15, 0.2) is 4.99 Å². The molecule has 0 spiro atoms. The second-order valence-corrected chi connectivity index (χ2v) is 13.0. The molecule has 0 aromatic heterocycles. The van der Waals surface area contributed by atoms with E-state index in [9.17, 15) is 0 Å². The molecule has 1 unspecified atom stereocenters. The van der Waals surface area contributed by atoms with Gasteiger partial charge in [0.1, 0.15) is 7.22 Å². The smallest absolute Gasteiger partial charge is 0.109 e. The third-order valence-electron chi connectivity index (χ3n) is 1.39. The highest BCUT2D eigenvalue weighted by Crippen LogP contribution is 2.37. The van der Waals surface area contributed by atoms with Crippen molar-refractivity contribution >= 4 is 24.1 Å². The van der Waals surface area contributed by atoms with E-state index in [-0.39, 0.29) is 0 Å². The van der Waals surface area contributed by atoms with Crippen LogP contribution in [-0.2, 0) is 0 Å². The molecule has 1 aliphatic rings. The lowest BCUT2D eigenvalue weighted by molar-refractivity contribution is 1.46. The van der Waals surface area contributed by atoms with Crippen LogP contribution >= 0.6 is 11.2 Å². The predicted octanol–water partition coefficient (Wildman–Crippen LogP) is 2.40. The molecule has 0 radical (unpaired) electrons. The molecule has 1 aliphatic carbocycles. The van der Waals surface area contributed by atoms with E-state index >= 15 is 0 Å². The van der Waals surface area contributed by atoms with Crippen molar-refractivity contribution in [1.82, 2.24) is 0 Å². The summed E-state index contributed by atoms with van der Waals surface area (Å²) in [5.41, 5.74) is 1.42. The Morgan fingerprint density at radius 2 is 2.10 bits per heavy atom. The predicted molar refractivity (Wildman–Crippen MR) is 52.7 cm³/mol. The SMILES string of the molecule is C/N=C1/CC1S[Si](C)(C)C. The summed E-state index contributed by atoms with van der Waals surface area (Å²) in [6.07, 6.45) is 1.26. The minimum Gasteiger partial charge on any atom is -0.296 e. The fourth-order valence-corrected chi connectivity index (χ4v) is 5.47. The summed E-state index contributed by atoms with van der Waals surface area (Å²) in [5, 5.41) is 0.802. The van der Waals surface area contributed by atoms with Crippen molar-refractivity contribution in [1.29, 1.82) is 0 Å². The highest BCUT2D eigenvalue weighted by molar-refractivity contribution is 8.29. The zero-order valence-electron chi connectivity index (χ0n) is 7.14. The zero-order chi connectivity index (χ0) is 7.78. The van der Waals surface area contributed by atoms with Crippen molar-refractivity contribution in [3.63, 3.8) is 0 Å². The van der Waals surface area contributed by atoms with Crippen LogP contribution in [0.25, 0.3) is 0 Å². The molecule has 3 heteroatoms. The Labute approximate surface area is 68.0 Å². The molecule has 1 atom stereocenters. The molecule has 58 valence electrons. The maximum Gasteiger partial charge on any atom is 0.109 e. The van der Waals surface area contributed by atoms with Gasteiger partial charge in [0.05, 0.1) is 0 Å². The van der Waals surface area contributed by atoms with E-state index in [0.29, 0.717) is 0 Å². The fraction of sp³-hybridized carbons (Fsp3) is 0.857. The number of nitrogens with zero attached hydrogens (tertiary/aromatic N) is 1. The average molecular weight is 173 g/mol. The Hall–Kier alpha value is 0.237. The summed E-state index contributed by atoms with van der Waals surface area (Å²) >= 11 is 2.16. The van der Waals surface area contributed by atoms with Gasteiger partial charge in [-0.3, -0.25) is 4.99 Å². The van der Waals surface area contributed by atoms with Crippen LogP contribution in [0, 0.1) is 0 Å². The van der Waals surface area contributed by atoms with Gasteiger partial charge < -0.3 is 0 Å². The maximum absolute atomic E-state index is 4.18. The first kappa shape index (κ1) is 8.33. The summed E-state index contributed by atoms with van der Waals surface area (Å²) in [7, 11) is 1.02. The van der Waals surface area contributed by atoms with Gasteiger partial charge in [-0.15, -0.1) is 0 Å². The van der Waals surface area contributed by atoms with Crippen molar-refractivity contribution < 1.29 is 0 Å². The van der Waals surface area contributed by atoms with E-state index < -0.39 is 7.22 Å². The van der Waals surface area contributed by atoms with E-state index in [1.165, 1.54) is 12.1 Å². The molecule has 1 fully saturated rings. The van der Waals surface area contributed by atoms with E-state index in [1.807, 2.05) is 7.05 Å². The Morgan fingerprint density at radius 1 is 1.50 bits per heavy atom. The first-order valence-corrected chi connectivity index (χ1v) is 8.77. The molecule has 0 aromatic rings. The second kappa shape index (κ2) is 2.70. The highest BCUT2D eigenvalue weighted by Gasteiger charge is 2.35. The molecule has 10 heavy (non-hydrogen) atoms. The average Bonchev–Trinajstić information content (AvgIpc) is 2.42. The summed E-state index contributed by atoms with van der Waals surface area (Å²) in [5.74, 6) is 0. The normalized spacial score (nSPS) is 29.2. The van der Waals surface area contributed by atoms with Crippen molar-refractivity contribution in [2.45, 2.75) is 31.3 Å². The van der Waals surface area contributed by atoms with Crippen LogP contribution in [0.1, 0.15) is 6.42 Å². The van der Waals surface area contributed by atoms with Crippen molar-refractivity contribution in [3.8, 4) is 0 Å². The van der Waals surface area contributed by atoms with Gasteiger partial charge in [-0.05, 0) is 0 Å². The second-order valence-electron chi connectivity index (χ2n) is 3.64. The standard InChI is InChI=1S/C7H15NSSi/c1-8-6-5-7(6)9-10(2,3)4/h7H,5H2,1-4H3/b8-6-. The number of rotatable bonds is 2. The third kappa shape index (κ3) is 2.46. The topological polar surface area (TPSA) is 12.4 Å². The molecule has 0 amide bonds. The van der Waals surface area contributed by atoms with Crippen LogP contribution in [0.5, 0.6) is 0 Å². The van der Waals surface area contributed by atoms with Gasteiger partial charge in [0.2, 0.25) is 0 Å². The molecular formula is C7H15NSSi. The molecular weight excluding hydrogens is 158 g/mol. The van der Waals surface area contributed by atoms with Gasteiger partial charge >= 0.3 is 0 Å². The van der Waals surface area contributed by atoms with E-state index in [4.69, 9.17) is 0 Å². The third-order valence-corrected chi connectivity index (χ3v) is 5.79. The maximum atomic E-state index is 4.18. The number of hydrogen-bond donors (Lipinski definition) is 0. The minimum atomic E-state index is -0.880. The molecule has 1 saturated carbocycles. The zero-order valence-corrected chi connectivity index (χ0v) is 8.96. The molecule has 0 heterocycles. The lowest BCUT2D eigenvalue weighted by Crippen LogP contribution is -2.15. The Bertz CT molecular complexity index is 159. The first-order valence-electron chi connectivity index (χ1n) is 3.66. The summed E-state index contributed by atoms with van der Waals surface area (Å²) in [6, 6.07) is 0. The van der Waals surface area contributed by atoms with Crippen LogP contribution in [0.3, 0.4) is 0 Å². The van der Waals surface area contributed by atoms with E-state index in [1.54, 1.807) is 0 Å².